The molecular weight excluding hydrogens is 873 g/mol. The minimum absolute atomic E-state index is 0.00837. The van der Waals surface area contributed by atoms with Crippen LogP contribution in [0.25, 0.3) is 11.0 Å². The zero-order valence-electron chi connectivity index (χ0n) is 38.3. The maximum absolute atomic E-state index is 14.2. The Hall–Kier alpha value is -5.91. The van der Waals surface area contributed by atoms with Gasteiger partial charge in [0.1, 0.15) is 18.0 Å². The Bertz CT molecular complexity index is 2820. The third-order valence-corrected chi connectivity index (χ3v) is 16.7. The smallest absolute Gasteiger partial charge is 0.297 e. The molecule has 16 nitrogen and oxygen atoms in total. The second kappa shape index (κ2) is 17.3. The van der Waals surface area contributed by atoms with Gasteiger partial charge in [-0.15, -0.1) is 0 Å². The van der Waals surface area contributed by atoms with Crippen molar-refractivity contribution in [3.05, 3.63) is 99.7 Å². The Balaban J connectivity index is 0.866. The van der Waals surface area contributed by atoms with E-state index >= 15 is 0 Å². The predicted molar refractivity (Wildman–Crippen MR) is 256 cm³/mol. The number of H-pyrrole nitrogens is 1. The van der Waals surface area contributed by atoms with E-state index < -0.39 is 37.0 Å². The molecule has 67 heavy (non-hydrogen) atoms. The van der Waals surface area contributed by atoms with Gasteiger partial charge in [0.2, 0.25) is 0 Å². The number of nitrogens with zero attached hydrogens (tertiary/aromatic N) is 4. The largest absolute Gasteiger partial charge is 0.489 e. The lowest BCUT2D eigenvalue weighted by Crippen LogP contribution is -2.54. The number of nitrogens with two attached hydrogens (primary N) is 1. The van der Waals surface area contributed by atoms with Crippen molar-refractivity contribution in [2.75, 3.05) is 42.2 Å². The maximum Gasteiger partial charge on any atom is 0.297 e. The van der Waals surface area contributed by atoms with Crippen molar-refractivity contribution in [1.29, 1.82) is 0 Å². The van der Waals surface area contributed by atoms with E-state index in [1.165, 1.54) is 48.9 Å². The number of sulfonamides is 1. The number of nitro groups is 1. The number of aromatic amines is 1. The molecule has 2 saturated carbocycles. The Morgan fingerprint density at radius 1 is 1.01 bits per heavy atom. The van der Waals surface area contributed by atoms with E-state index in [9.17, 15) is 28.4 Å². The monoisotopic (exact) mass is 932 g/mol. The fraction of sp³-hybridized carbons (Fsp3) is 0.480. The van der Waals surface area contributed by atoms with Crippen LogP contribution in [0, 0.1) is 21.4 Å². The molecule has 1 spiro atoms. The van der Waals surface area contributed by atoms with Crippen molar-refractivity contribution in [3.8, 4) is 17.2 Å². The highest BCUT2D eigenvalue weighted by atomic mass is 32.2. The van der Waals surface area contributed by atoms with Gasteiger partial charge < -0.3 is 35.5 Å². The summed E-state index contributed by atoms with van der Waals surface area (Å²) in [6.45, 7) is 9.27. The minimum atomic E-state index is -4.69. The number of piperidine rings is 1. The van der Waals surface area contributed by atoms with Gasteiger partial charge in [-0.3, -0.25) is 19.8 Å². The Kier molecular flexibility index (Phi) is 11.6. The third-order valence-electron chi connectivity index (χ3n) is 15.4. The number of anilines is 3. The van der Waals surface area contributed by atoms with Crippen molar-refractivity contribution in [1.82, 2.24) is 19.6 Å². The quantitative estimate of drug-likeness (QED) is 0.0619. The molecule has 0 bridgehead atoms. The molecule has 4 fully saturated rings. The van der Waals surface area contributed by atoms with E-state index in [4.69, 9.17) is 15.2 Å². The molecule has 0 radical (unpaired) electrons. The van der Waals surface area contributed by atoms with E-state index in [2.05, 4.69) is 67.9 Å². The summed E-state index contributed by atoms with van der Waals surface area (Å²) in [5.41, 5.74) is 9.67. The van der Waals surface area contributed by atoms with Crippen LogP contribution in [0.15, 0.2) is 77.8 Å². The molecule has 10 rings (SSSR count). The summed E-state index contributed by atoms with van der Waals surface area (Å²) in [7, 11) is -4.69. The third kappa shape index (κ3) is 8.77. The molecule has 5 heterocycles. The molecule has 0 unspecified atom stereocenters. The van der Waals surface area contributed by atoms with Gasteiger partial charge in [-0.2, -0.15) is 0 Å². The molecule has 354 valence electrons. The lowest BCUT2D eigenvalue weighted by molar-refractivity contribution is -0.384. The number of likely N-dealkylation sites (tertiary alicyclic amines) is 1. The number of pyridine rings is 1. The van der Waals surface area contributed by atoms with Gasteiger partial charge in [0.15, 0.2) is 23.0 Å². The van der Waals surface area contributed by atoms with Gasteiger partial charge in [-0.1, -0.05) is 38.1 Å². The number of nitrogens with one attached hydrogen (secondary N) is 3. The van der Waals surface area contributed by atoms with Crippen molar-refractivity contribution >= 4 is 49.8 Å². The summed E-state index contributed by atoms with van der Waals surface area (Å²) in [5.74, 6) is -0.107. The van der Waals surface area contributed by atoms with Gasteiger partial charge in [0.05, 0.1) is 27.0 Å². The number of rotatable bonds is 11. The van der Waals surface area contributed by atoms with E-state index in [-0.39, 0.29) is 58.3 Å². The minimum Gasteiger partial charge on any atom is -0.489 e. The Labute approximate surface area is 390 Å². The van der Waals surface area contributed by atoms with Crippen LogP contribution in [0.1, 0.15) is 118 Å². The zero-order chi connectivity index (χ0) is 46.8. The van der Waals surface area contributed by atoms with Crippen molar-refractivity contribution < 1.29 is 32.7 Å². The average Bonchev–Trinajstić information content (AvgIpc) is 3.97. The number of nitrogen functional groups attached to an aromatic ring is 1. The number of amides is 1. The molecule has 2 saturated heterocycles. The fourth-order valence-electron chi connectivity index (χ4n) is 11.6. The molecule has 3 aromatic carbocycles. The molecule has 17 heteroatoms. The summed E-state index contributed by atoms with van der Waals surface area (Å²) >= 11 is 0. The van der Waals surface area contributed by atoms with Crippen LogP contribution in [-0.4, -0.2) is 83.1 Å². The Morgan fingerprint density at radius 3 is 2.52 bits per heavy atom. The van der Waals surface area contributed by atoms with Crippen LogP contribution in [0.2, 0.25) is 0 Å². The van der Waals surface area contributed by atoms with Crippen LogP contribution < -0.4 is 30.1 Å². The molecule has 2 atom stereocenters. The molecule has 5 aliphatic rings. The number of nitro benzene ring substituents is 1. The van der Waals surface area contributed by atoms with Crippen molar-refractivity contribution in [2.45, 2.75) is 120 Å². The summed E-state index contributed by atoms with van der Waals surface area (Å²) < 4.78 is 42.5. The number of fused-ring (bicyclic) bond motifs is 2. The van der Waals surface area contributed by atoms with Gasteiger partial charge in [-0.05, 0) is 130 Å². The summed E-state index contributed by atoms with van der Waals surface area (Å²) in [4.78, 5) is 37.9. The lowest BCUT2D eigenvalue weighted by Gasteiger charge is -2.56. The first-order chi connectivity index (χ1) is 32.1. The highest BCUT2D eigenvalue weighted by molar-refractivity contribution is 7.90. The van der Waals surface area contributed by atoms with Gasteiger partial charge in [0.25, 0.3) is 21.6 Å². The SMILES string of the molecule is CC(C)c1ccccc1[C@@H]1CCCN1C1CC2(CCN(c3ccc(C(=O)NS(=O)(=O)c4cc5c(c([N+](=O)[O-])c4)N[C@@H](C4CCC(C)(O)CC4)CO5)c(Oc4cc5cc[nH]c5nc4N)c3)CC2)C1. The van der Waals surface area contributed by atoms with Crippen molar-refractivity contribution in [3.63, 3.8) is 0 Å². The van der Waals surface area contributed by atoms with E-state index in [0.717, 1.165) is 49.6 Å². The summed E-state index contributed by atoms with van der Waals surface area (Å²) in [6.07, 6.45) is 11.2. The number of carbonyl (C=O) groups is 1. The van der Waals surface area contributed by atoms with Crippen LogP contribution >= 0.6 is 0 Å². The van der Waals surface area contributed by atoms with Crippen LogP contribution in [0.3, 0.4) is 0 Å². The van der Waals surface area contributed by atoms with Gasteiger partial charge in [-0.25, -0.2) is 18.1 Å². The first-order valence-electron chi connectivity index (χ1n) is 23.7. The topological polar surface area (TPSA) is 218 Å². The van der Waals surface area contributed by atoms with Crippen LogP contribution in [-0.2, 0) is 10.0 Å². The Morgan fingerprint density at radius 2 is 1.78 bits per heavy atom. The molecule has 5 aromatic rings. The standard InChI is InChI=1S/C50H60N8O8S/c1-30(2)36-7-4-5-8-37(36)40-9-6-20-57(40)34-27-50(28-34)17-21-56(22-18-50)33-10-11-38(42(24-33)66-44-23-32-14-19-52-47(32)54-46(44)51)48(59)55-67(63,64)35-25-41(58(61)62)45-43(26-35)65-29-39(53-45)31-12-15-49(3,60)16-13-31/h4-5,7-8,10-11,14,19,23-26,30-31,34,39-40,53,60H,6,9,12-13,15-18,20-22,27-29H2,1-3H3,(H,55,59)(H3,51,52,54)/t31?,39-,40+,49?/m1/s1. The van der Waals surface area contributed by atoms with Gasteiger partial charge in [0, 0.05) is 60.6 Å². The average molecular weight is 933 g/mol. The van der Waals surface area contributed by atoms with Gasteiger partial charge >= 0.3 is 0 Å². The number of hydrogen-bond acceptors (Lipinski definition) is 13. The molecule has 2 aliphatic carbocycles. The molecular formula is C50H60N8O8S. The number of aromatic nitrogens is 2. The first-order valence-corrected chi connectivity index (χ1v) is 25.2. The second-order valence-corrected chi connectivity index (χ2v) is 21.9. The van der Waals surface area contributed by atoms with E-state index in [0.29, 0.717) is 49.3 Å². The van der Waals surface area contributed by atoms with Crippen molar-refractivity contribution in [2.24, 2.45) is 11.3 Å². The molecule has 6 N–H and O–H groups in total. The van der Waals surface area contributed by atoms with E-state index in [1.807, 2.05) is 6.07 Å². The molecule has 2 aromatic heterocycles. The first kappa shape index (κ1) is 44.9. The summed E-state index contributed by atoms with van der Waals surface area (Å²) in [5, 5.41) is 26.8. The highest BCUT2D eigenvalue weighted by Crippen LogP contribution is 2.54. The van der Waals surface area contributed by atoms with Crippen LogP contribution in [0.4, 0.5) is 22.9 Å². The maximum atomic E-state index is 14.2. The zero-order valence-corrected chi connectivity index (χ0v) is 39.1. The van der Waals surface area contributed by atoms with E-state index in [1.54, 1.807) is 31.3 Å². The lowest BCUT2D eigenvalue weighted by atomic mass is 9.59. The normalized spacial score (nSPS) is 24.2. The predicted octanol–water partition coefficient (Wildman–Crippen LogP) is 8.79. The highest BCUT2D eigenvalue weighted by Gasteiger charge is 2.50. The van der Waals surface area contributed by atoms with Crippen LogP contribution in [0.5, 0.6) is 17.2 Å². The number of benzene rings is 3. The number of carbonyl (C=O) groups excluding carboxylic acids is 1. The molecule has 1 amide bonds. The number of aliphatic hydroxyl groups is 1. The summed E-state index contributed by atoms with van der Waals surface area (Å²) in [6, 6.07) is 20.4. The number of ether oxygens (including phenoxy) is 2. The number of hydrogen-bond donors (Lipinski definition) is 5. The molecule has 3 aliphatic heterocycles. The fourth-order valence-corrected chi connectivity index (χ4v) is 12.6. The second-order valence-electron chi connectivity index (χ2n) is 20.2.